The van der Waals surface area contributed by atoms with Gasteiger partial charge < -0.3 is 10.2 Å². The summed E-state index contributed by atoms with van der Waals surface area (Å²) in [7, 11) is 0. The molecular formula is C26H27F2N3O. The summed E-state index contributed by atoms with van der Waals surface area (Å²) < 4.78 is 27.0. The highest BCUT2D eigenvalue weighted by Gasteiger charge is 2.28. The van der Waals surface area contributed by atoms with Crippen LogP contribution >= 0.6 is 0 Å². The van der Waals surface area contributed by atoms with Gasteiger partial charge in [0.1, 0.15) is 11.6 Å². The number of amides is 2. The molecule has 1 fully saturated rings. The van der Waals surface area contributed by atoms with Crippen LogP contribution in [0, 0.1) is 11.6 Å². The number of benzene rings is 3. The van der Waals surface area contributed by atoms with E-state index in [1.165, 1.54) is 29.8 Å². The van der Waals surface area contributed by atoms with Gasteiger partial charge in [-0.3, -0.25) is 4.90 Å². The topological polar surface area (TPSA) is 35.6 Å². The smallest absolute Gasteiger partial charge is 0.321 e. The Bertz CT molecular complexity index is 983. The van der Waals surface area contributed by atoms with Crippen LogP contribution in [-0.2, 0) is 6.42 Å². The zero-order valence-corrected chi connectivity index (χ0v) is 18.1. The number of rotatable bonds is 5. The molecule has 0 atom stereocenters. The zero-order chi connectivity index (χ0) is 22.5. The third-order valence-electron chi connectivity index (χ3n) is 5.95. The molecule has 0 bridgehead atoms. The lowest BCUT2D eigenvalue weighted by atomic mass is 9.96. The molecule has 32 heavy (non-hydrogen) atoms. The second-order valence-corrected chi connectivity index (χ2v) is 8.01. The van der Waals surface area contributed by atoms with Crippen molar-refractivity contribution in [2.75, 3.05) is 31.5 Å². The number of nitrogens with one attached hydrogen (secondary N) is 1. The summed E-state index contributed by atoms with van der Waals surface area (Å²) in [5.41, 5.74) is 3.88. The standard InChI is InChI=1S/C26H27F2N3O/c1-2-19-3-13-24(14-4-19)29-26(32)31-17-15-30(16-18-31)25(20-5-9-22(27)10-6-20)21-7-11-23(28)12-8-21/h3-14,25H,2,15-18H2,1H3,(H,29,32). The molecule has 1 saturated heterocycles. The van der Waals surface area contributed by atoms with E-state index in [0.29, 0.717) is 26.2 Å². The second-order valence-electron chi connectivity index (χ2n) is 8.01. The van der Waals surface area contributed by atoms with Crippen LogP contribution in [-0.4, -0.2) is 42.0 Å². The fourth-order valence-corrected chi connectivity index (χ4v) is 4.11. The molecular weight excluding hydrogens is 408 g/mol. The third-order valence-corrected chi connectivity index (χ3v) is 5.95. The summed E-state index contributed by atoms with van der Waals surface area (Å²) in [4.78, 5) is 16.8. The molecule has 3 aromatic carbocycles. The number of hydrogen-bond acceptors (Lipinski definition) is 2. The van der Waals surface area contributed by atoms with Crippen molar-refractivity contribution in [1.82, 2.24) is 9.80 Å². The minimum absolute atomic E-state index is 0.117. The number of piperazine rings is 1. The number of carbonyl (C=O) groups is 1. The quantitative estimate of drug-likeness (QED) is 0.577. The van der Waals surface area contributed by atoms with E-state index in [1.54, 1.807) is 29.2 Å². The average Bonchev–Trinajstić information content (AvgIpc) is 2.82. The molecule has 1 heterocycles. The van der Waals surface area contributed by atoms with Gasteiger partial charge in [-0.1, -0.05) is 43.3 Å². The van der Waals surface area contributed by atoms with Crippen LogP contribution < -0.4 is 5.32 Å². The van der Waals surface area contributed by atoms with Gasteiger partial charge >= 0.3 is 6.03 Å². The van der Waals surface area contributed by atoms with E-state index in [4.69, 9.17) is 0 Å². The molecule has 1 aliphatic heterocycles. The summed E-state index contributed by atoms with van der Waals surface area (Å²) in [5.74, 6) is -0.583. The Morgan fingerprint density at radius 3 is 1.78 bits per heavy atom. The van der Waals surface area contributed by atoms with Crippen molar-refractivity contribution >= 4 is 11.7 Å². The molecule has 1 aliphatic rings. The monoisotopic (exact) mass is 435 g/mol. The van der Waals surface area contributed by atoms with Gasteiger partial charge in [0.25, 0.3) is 0 Å². The Morgan fingerprint density at radius 1 is 0.812 bits per heavy atom. The van der Waals surface area contributed by atoms with E-state index in [0.717, 1.165) is 23.2 Å². The van der Waals surface area contributed by atoms with Crippen LogP contribution in [0.1, 0.15) is 29.7 Å². The molecule has 0 unspecified atom stereocenters. The first-order valence-electron chi connectivity index (χ1n) is 10.9. The molecule has 0 aliphatic carbocycles. The van der Waals surface area contributed by atoms with Crippen molar-refractivity contribution in [2.45, 2.75) is 19.4 Å². The Hall–Kier alpha value is -3.25. The molecule has 4 rings (SSSR count). The van der Waals surface area contributed by atoms with Gasteiger partial charge in [-0.2, -0.15) is 0 Å². The molecule has 6 heteroatoms. The van der Waals surface area contributed by atoms with Crippen LogP contribution in [0.5, 0.6) is 0 Å². The van der Waals surface area contributed by atoms with E-state index in [2.05, 4.69) is 17.1 Å². The maximum Gasteiger partial charge on any atom is 0.321 e. The Morgan fingerprint density at radius 2 is 1.31 bits per heavy atom. The highest BCUT2D eigenvalue weighted by Crippen LogP contribution is 2.30. The van der Waals surface area contributed by atoms with Gasteiger partial charge in [0.05, 0.1) is 6.04 Å². The summed E-state index contributed by atoms with van der Waals surface area (Å²) in [6.45, 7) is 4.54. The van der Waals surface area contributed by atoms with Gasteiger partial charge in [-0.25, -0.2) is 13.6 Å². The van der Waals surface area contributed by atoms with E-state index in [1.807, 2.05) is 24.3 Å². The minimum Gasteiger partial charge on any atom is -0.322 e. The van der Waals surface area contributed by atoms with Crippen molar-refractivity contribution in [3.8, 4) is 0 Å². The van der Waals surface area contributed by atoms with Crippen LogP contribution in [0.15, 0.2) is 72.8 Å². The summed E-state index contributed by atoms with van der Waals surface area (Å²) in [5, 5.41) is 2.97. The zero-order valence-electron chi connectivity index (χ0n) is 18.1. The number of aryl methyl sites for hydroxylation is 1. The fourth-order valence-electron chi connectivity index (χ4n) is 4.11. The number of urea groups is 1. The van der Waals surface area contributed by atoms with Crippen LogP contribution in [0.3, 0.4) is 0 Å². The number of anilines is 1. The number of halogens is 2. The van der Waals surface area contributed by atoms with Gasteiger partial charge in [-0.15, -0.1) is 0 Å². The van der Waals surface area contributed by atoms with Gasteiger partial charge in [0.15, 0.2) is 0 Å². The highest BCUT2D eigenvalue weighted by molar-refractivity contribution is 5.89. The maximum atomic E-state index is 13.5. The molecule has 0 radical (unpaired) electrons. The summed E-state index contributed by atoms with van der Waals surface area (Å²) >= 11 is 0. The molecule has 166 valence electrons. The van der Waals surface area contributed by atoms with Crippen molar-refractivity contribution in [2.24, 2.45) is 0 Å². The van der Waals surface area contributed by atoms with Gasteiger partial charge in [0.2, 0.25) is 0 Å². The minimum atomic E-state index is -0.292. The first-order chi connectivity index (χ1) is 15.5. The predicted octanol–water partition coefficient (Wildman–Crippen LogP) is 5.47. The first-order valence-corrected chi connectivity index (χ1v) is 10.9. The van der Waals surface area contributed by atoms with Crippen LogP contribution in [0.25, 0.3) is 0 Å². The summed E-state index contributed by atoms with van der Waals surface area (Å²) in [6.07, 6.45) is 0.958. The largest absolute Gasteiger partial charge is 0.322 e. The van der Waals surface area contributed by atoms with Crippen molar-refractivity contribution in [3.63, 3.8) is 0 Å². The Balaban J connectivity index is 1.45. The number of carbonyl (C=O) groups excluding carboxylic acids is 1. The molecule has 4 nitrogen and oxygen atoms in total. The third kappa shape index (κ3) is 5.14. The molecule has 0 aromatic heterocycles. The van der Waals surface area contributed by atoms with E-state index in [9.17, 15) is 13.6 Å². The van der Waals surface area contributed by atoms with E-state index >= 15 is 0 Å². The summed E-state index contributed by atoms with van der Waals surface area (Å²) in [6, 6.07) is 20.5. The average molecular weight is 436 g/mol. The lowest BCUT2D eigenvalue weighted by Gasteiger charge is -2.39. The molecule has 0 spiro atoms. The van der Waals surface area contributed by atoms with Crippen molar-refractivity contribution in [3.05, 3.63) is 101 Å². The predicted molar refractivity (Wildman–Crippen MR) is 123 cm³/mol. The molecule has 2 amide bonds. The lowest BCUT2D eigenvalue weighted by molar-refractivity contribution is 0.126. The number of hydrogen-bond donors (Lipinski definition) is 1. The van der Waals surface area contributed by atoms with Gasteiger partial charge in [-0.05, 0) is 59.5 Å². The van der Waals surface area contributed by atoms with Crippen molar-refractivity contribution < 1.29 is 13.6 Å². The Labute approximate surface area is 187 Å². The maximum absolute atomic E-state index is 13.5. The first kappa shape index (κ1) is 22.0. The van der Waals surface area contributed by atoms with Gasteiger partial charge in [0, 0.05) is 31.9 Å². The normalized spacial score (nSPS) is 14.6. The second kappa shape index (κ2) is 9.92. The van der Waals surface area contributed by atoms with Crippen molar-refractivity contribution in [1.29, 1.82) is 0 Å². The lowest BCUT2D eigenvalue weighted by Crippen LogP contribution is -2.51. The van der Waals surface area contributed by atoms with E-state index in [-0.39, 0.29) is 23.7 Å². The fraction of sp³-hybridized carbons (Fsp3) is 0.269. The molecule has 1 N–H and O–H groups in total. The molecule has 0 saturated carbocycles. The SMILES string of the molecule is CCc1ccc(NC(=O)N2CCN(C(c3ccc(F)cc3)c3ccc(F)cc3)CC2)cc1. The Kier molecular flexibility index (Phi) is 6.81. The highest BCUT2D eigenvalue weighted by atomic mass is 19.1. The number of nitrogens with zero attached hydrogens (tertiary/aromatic N) is 2. The van der Waals surface area contributed by atoms with Crippen LogP contribution in [0.2, 0.25) is 0 Å². The molecule has 3 aromatic rings. The van der Waals surface area contributed by atoms with E-state index < -0.39 is 0 Å². The van der Waals surface area contributed by atoms with Crippen LogP contribution in [0.4, 0.5) is 19.3 Å².